The summed E-state index contributed by atoms with van der Waals surface area (Å²) in [5, 5.41) is 12.5. The molecule has 0 amide bonds. The Morgan fingerprint density at radius 2 is 1.96 bits per heavy atom. The summed E-state index contributed by atoms with van der Waals surface area (Å²) in [6.45, 7) is 1.06. The molecule has 1 aromatic carbocycles. The molecule has 0 aliphatic heterocycles. The first-order valence-corrected chi connectivity index (χ1v) is 7.14. The number of H-pyrrole nitrogens is 1. The molecule has 0 spiro atoms. The average molecular weight is 306 g/mol. The van der Waals surface area contributed by atoms with Gasteiger partial charge in [-0.05, 0) is 24.3 Å². The van der Waals surface area contributed by atoms with Gasteiger partial charge < -0.3 is 14.9 Å². The maximum absolute atomic E-state index is 12.5. The first-order chi connectivity index (χ1) is 11.2. The minimum absolute atomic E-state index is 0.0604. The van der Waals surface area contributed by atoms with Gasteiger partial charge >= 0.3 is 0 Å². The molecular formula is C17H14N4O2. The Labute approximate surface area is 131 Å². The number of benzene rings is 1. The van der Waals surface area contributed by atoms with E-state index in [0.29, 0.717) is 24.0 Å². The molecule has 0 saturated heterocycles. The van der Waals surface area contributed by atoms with E-state index >= 15 is 0 Å². The second kappa shape index (κ2) is 6.20. The fourth-order valence-corrected chi connectivity index (χ4v) is 2.38. The first kappa shape index (κ1) is 14.6. The molecule has 0 fully saturated rings. The van der Waals surface area contributed by atoms with Crippen LogP contribution in [0.25, 0.3) is 10.9 Å². The van der Waals surface area contributed by atoms with Gasteiger partial charge in [0.2, 0.25) is 0 Å². The molecule has 2 heterocycles. The number of nitriles is 1. The lowest BCUT2D eigenvalue weighted by atomic mass is 10.2. The van der Waals surface area contributed by atoms with Crippen molar-refractivity contribution in [1.82, 2.24) is 9.55 Å². The molecule has 0 radical (unpaired) electrons. The summed E-state index contributed by atoms with van der Waals surface area (Å²) in [7, 11) is 0. The van der Waals surface area contributed by atoms with Gasteiger partial charge in [0, 0.05) is 25.0 Å². The van der Waals surface area contributed by atoms with E-state index in [1.807, 2.05) is 30.3 Å². The maximum Gasteiger partial charge on any atom is 0.266 e. The molecule has 0 unspecified atom stereocenters. The van der Waals surface area contributed by atoms with Crippen LogP contribution in [0.1, 0.15) is 5.56 Å². The highest BCUT2D eigenvalue weighted by Crippen LogP contribution is 2.06. The summed E-state index contributed by atoms with van der Waals surface area (Å²) in [6, 6.07) is 14.5. The molecular weight excluding hydrogens is 292 g/mol. The van der Waals surface area contributed by atoms with Crippen LogP contribution in [0.5, 0.6) is 0 Å². The van der Waals surface area contributed by atoms with E-state index in [9.17, 15) is 9.59 Å². The first-order valence-electron chi connectivity index (χ1n) is 7.14. The van der Waals surface area contributed by atoms with Gasteiger partial charge in [0.15, 0.2) is 0 Å². The third-order valence-corrected chi connectivity index (χ3v) is 3.56. The number of nitrogens with zero attached hydrogens (tertiary/aromatic N) is 2. The number of rotatable bonds is 4. The second-order valence-electron chi connectivity index (χ2n) is 5.06. The van der Waals surface area contributed by atoms with Gasteiger partial charge in [0.05, 0.1) is 10.9 Å². The van der Waals surface area contributed by atoms with E-state index in [2.05, 4.69) is 10.3 Å². The van der Waals surface area contributed by atoms with Gasteiger partial charge in [-0.3, -0.25) is 9.59 Å². The highest BCUT2D eigenvalue weighted by atomic mass is 16.1. The predicted octanol–water partition coefficient (Wildman–Crippen LogP) is 1.67. The van der Waals surface area contributed by atoms with Crippen LogP contribution in [0.3, 0.4) is 0 Å². The highest BCUT2D eigenvalue weighted by Gasteiger charge is 2.07. The van der Waals surface area contributed by atoms with Crippen molar-refractivity contribution in [2.75, 3.05) is 11.9 Å². The van der Waals surface area contributed by atoms with E-state index in [1.54, 1.807) is 22.9 Å². The number of fused-ring (bicyclic) bond motifs is 1. The Morgan fingerprint density at radius 1 is 1.17 bits per heavy atom. The zero-order chi connectivity index (χ0) is 16.2. The zero-order valence-electron chi connectivity index (χ0n) is 12.2. The third-order valence-electron chi connectivity index (χ3n) is 3.56. The average Bonchev–Trinajstić information content (AvgIpc) is 2.57. The fourth-order valence-electron chi connectivity index (χ4n) is 2.38. The lowest BCUT2D eigenvalue weighted by molar-refractivity contribution is 0.703. The van der Waals surface area contributed by atoms with Crippen molar-refractivity contribution in [3.05, 3.63) is 74.9 Å². The number of aromatic amines is 1. The molecule has 0 atom stereocenters. The number of pyridine rings is 2. The van der Waals surface area contributed by atoms with Crippen LogP contribution in [-0.4, -0.2) is 16.1 Å². The van der Waals surface area contributed by atoms with Crippen LogP contribution in [0, 0.1) is 11.3 Å². The minimum Gasteiger partial charge on any atom is -0.383 e. The number of nitrogens with one attached hydrogen (secondary N) is 2. The Kier molecular flexibility index (Phi) is 3.93. The van der Waals surface area contributed by atoms with Crippen LogP contribution in [0.15, 0.2) is 58.3 Å². The minimum atomic E-state index is -0.483. The van der Waals surface area contributed by atoms with Crippen LogP contribution < -0.4 is 16.4 Å². The van der Waals surface area contributed by atoms with Crippen LogP contribution >= 0.6 is 0 Å². The van der Waals surface area contributed by atoms with Crippen LogP contribution in [-0.2, 0) is 6.54 Å². The molecule has 0 saturated carbocycles. The van der Waals surface area contributed by atoms with E-state index in [4.69, 9.17) is 5.26 Å². The van der Waals surface area contributed by atoms with Gasteiger partial charge in [0.25, 0.3) is 11.1 Å². The van der Waals surface area contributed by atoms with Crippen molar-refractivity contribution in [1.29, 1.82) is 5.26 Å². The predicted molar refractivity (Wildman–Crippen MR) is 88.5 cm³/mol. The molecule has 6 heteroatoms. The van der Waals surface area contributed by atoms with Crippen LogP contribution in [0.4, 0.5) is 5.69 Å². The van der Waals surface area contributed by atoms with E-state index in [0.717, 1.165) is 5.69 Å². The van der Waals surface area contributed by atoms with Crippen molar-refractivity contribution < 1.29 is 0 Å². The summed E-state index contributed by atoms with van der Waals surface area (Å²) < 4.78 is 1.55. The normalized spacial score (nSPS) is 10.4. The second-order valence-corrected chi connectivity index (χ2v) is 5.06. The van der Waals surface area contributed by atoms with E-state index in [-0.39, 0.29) is 11.1 Å². The van der Waals surface area contributed by atoms with Crippen molar-refractivity contribution in [2.24, 2.45) is 0 Å². The Balaban J connectivity index is 1.86. The summed E-state index contributed by atoms with van der Waals surface area (Å²) in [5.74, 6) is 0. The SMILES string of the molecule is N#Cc1cc2c(=O)n(CCNc3ccccc3)ccc2[nH]c1=O. The molecule has 23 heavy (non-hydrogen) atoms. The van der Waals surface area contributed by atoms with Gasteiger partial charge in [-0.25, -0.2) is 0 Å². The largest absolute Gasteiger partial charge is 0.383 e. The van der Waals surface area contributed by atoms with Crippen molar-refractivity contribution in [3.63, 3.8) is 0 Å². The maximum atomic E-state index is 12.5. The lowest BCUT2D eigenvalue weighted by Gasteiger charge is -2.09. The summed E-state index contributed by atoms with van der Waals surface area (Å²) in [5.41, 5.74) is 0.645. The standard InChI is InChI=1S/C17H14N4O2/c18-11-12-10-14-15(20-16(12)22)6-8-21(17(14)23)9-7-19-13-4-2-1-3-5-13/h1-6,8,10,19H,7,9H2,(H,20,22). The Morgan fingerprint density at radius 3 is 2.70 bits per heavy atom. The third kappa shape index (κ3) is 2.99. The van der Waals surface area contributed by atoms with E-state index < -0.39 is 5.56 Å². The molecule has 2 N–H and O–H groups in total. The molecule has 3 aromatic rings. The Hall–Kier alpha value is -3.33. The molecule has 0 aliphatic rings. The number of aromatic nitrogens is 2. The molecule has 0 bridgehead atoms. The summed E-state index contributed by atoms with van der Waals surface area (Å²) >= 11 is 0. The van der Waals surface area contributed by atoms with Gasteiger partial charge in [-0.15, -0.1) is 0 Å². The molecule has 0 aliphatic carbocycles. The zero-order valence-corrected chi connectivity index (χ0v) is 12.2. The van der Waals surface area contributed by atoms with Gasteiger partial charge in [-0.2, -0.15) is 5.26 Å². The number of hydrogen-bond acceptors (Lipinski definition) is 4. The van der Waals surface area contributed by atoms with Crippen molar-refractivity contribution in [3.8, 4) is 6.07 Å². The van der Waals surface area contributed by atoms with Crippen molar-refractivity contribution >= 4 is 16.6 Å². The number of para-hydroxylation sites is 1. The molecule has 2 aromatic heterocycles. The monoisotopic (exact) mass is 306 g/mol. The quantitative estimate of drug-likeness (QED) is 0.767. The number of hydrogen-bond donors (Lipinski definition) is 2. The lowest BCUT2D eigenvalue weighted by Crippen LogP contribution is -2.24. The topological polar surface area (TPSA) is 90.7 Å². The smallest absolute Gasteiger partial charge is 0.266 e. The summed E-state index contributed by atoms with van der Waals surface area (Å²) in [6.07, 6.45) is 1.64. The van der Waals surface area contributed by atoms with Gasteiger partial charge in [0.1, 0.15) is 11.6 Å². The molecule has 3 rings (SSSR count). The summed E-state index contributed by atoms with van der Waals surface area (Å²) in [4.78, 5) is 26.6. The number of anilines is 1. The Bertz CT molecular complexity index is 997. The molecule has 114 valence electrons. The van der Waals surface area contributed by atoms with Crippen molar-refractivity contribution in [2.45, 2.75) is 6.54 Å². The van der Waals surface area contributed by atoms with Crippen LogP contribution in [0.2, 0.25) is 0 Å². The van der Waals surface area contributed by atoms with Gasteiger partial charge in [-0.1, -0.05) is 18.2 Å². The van der Waals surface area contributed by atoms with E-state index in [1.165, 1.54) is 6.07 Å². The highest BCUT2D eigenvalue weighted by molar-refractivity contribution is 5.78. The fraction of sp³-hybridized carbons (Fsp3) is 0.118. The molecule has 6 nitrogen and oxygen atoms in total.